The largest absolute Gasteiger partial charge is 0.375 e. The molecule has 2 aromatic carbocycles. The number of fused-ring (bicyclic) bond motifs is 1. The fourth-order valence-electron chi connectivity index (χ4n) is 4.63. The maximum absolute atomic E-state index is 8.49. The van der Waals surface area contributed by atoms with Gasteiger partial charge in [-0.3, -0.25) is 0 Å². The highest BCUT2D eigenvalue weighted by Crippen LogP contribution is 2.47. The van der Waals surface area contributed by atoms with Gasteiger partial charge in [-0.1, -0.05) is 74.5 Å². The van der Waals surface area contributed by atoms with Gasteiger partial charge in [-0.25, -0.2) is 23.1 Å². The molecule has 0 amide bonds. The van der Waals surface area contributed by atoms with E-state index >= 15 is 0 Å². The first-order valence-corrected chi connectivity index (χ1v) is 14.4. The predicted octanol–water partition coefficient (Wildman–Crippen LogP) is 5.41. The van der Waals surface area contributed by atoms with Gasteiger partial charge in [-0.05, 0) is 93.3 Å². The molecule has 0 radical (unpaired) electrons. The maximum atomic E-state index is 8.49. The fraction of sp³-hybridized carbons (Fsp3) is 0.156. The summed E-state index contributed by atoms with van der Waals surface area (Å²) < 4.78 is 41.5. The van der Waals surface area contributed by atoms with Gasteiger partial charge in [-0.2, -0.15) is 0 Å². The SMILES string of the molecule is Cc1cc(-c2cc(-c3ccccc3)[o+]c(-c3ccccc3)c2Br)c2c(C)ccc(C(C)C)cc1-2.[O-][Cl+3]([O-])([O-])[O-]. The zero-order valence-electron chi connectivity index (χ0n) is 22.0. The average molecular weight is 608 g/mol. The van der Waals surface area contributed by atoms with Crippen molar-refractivity contribution in [2.75, 3.05) is 0 Å². The third-order valence-corrected chi connectivity index (χ3v) is 7.32. The Morgan fingerprint density at radius 3 is 1.79 bits per heavy atom. The Bertz CT molecular complexity index is 1540. The van der Waals surface area contributed by atoms with Crippen molar-refractivity contribution >= 4 is 15.9 Å². The molecule has 5 rings (SSSR count). The number of rotatable bonds is 4. The quantitative estimate of drug-likeness (QED) is 0.254. The zero-order chi connectivity index (χ0) is 28.3. The highest BCUT2D eigenvalue weighted by atomic mass is 79.9. The van der Waals surface area contributed by atoms with Crippen molar-refractivity contribution in [1.82, 2.24) is 0 Å². The molecule has 0 fully saturated rings. The normalized spacial score (nSPS) is 11.4. The van der Waals surface area contributed by atoms with Gasteiger partial charge < -0.3 is 0 Å². The van der Waals surface area contributed by atoms with E-state index in [2.05, 4.69) is 110 Å². The molecular weight excluding hydrogens is 580 g/mol. The van der Waals surface area contributed by atoms with E-state index in [0.29, 0.717) is 5.92 Å². The van der Waals surface area contributed by atoms with E-state index in [-0.39, 0.29) is 0 Å². The average Bonchev–Trinajstić information content (AvgIpc) is 3.10. The highest BCUT2D eigenvalue weighted by molar-refractivity contribution is 9.10. The Balaban J connectivity index is 0.000000648. The van der Waals surface area contributed by atoms with E-state index in [4.69, 9.17) is 23.1 Å². The molecule has 0 unspecified atom stereocenters. The first-order valence-electron chi connectivity index (χ1n) is 12.4. The van der Waals surface area contributed by atoms with Crippen LogP contribution in [0.4, 0.5) is 0 Å². The van der Waals surface area contributed by atoms with Crippen LogP contribution in [-0.4, -0.2) is 0 Å². The van der Waals surface area contributed by atoms with E-state index in [1.807, 2.05) is 24.3 Å². The first kappa shape index (κ1) is 28.9. The van der Waals surface area contributed by atoms with Crippen LogP contribution >= 0.6 is 15.9 Å². The molecule has 3 aromatic rings. The Morgan fingerprint density at radius 1 is 0.667 bits per heavy atom. The molecule has 2 aliphatic carbocycles. The summed E-state index contributed by atoms with van der Waals surface area (Å²) in [4.78, 5) is 0. The van der Waals surface area contributed by atoms with E-state index in [1.165, 1.54) is 33.4 Å². The van der Waals surface area contributed by atoms with Crippen molar-refractivity contribution in [3.63, 3.8) is 0 Å². The standard InChI is InChI=1S/C32H28BrO.ClHO4/c1-20(2)25-16-15-21(3)30-26(18-25)22(4)17-27(30)28-19-29(23-11-7-5-8-12-23)34-32(31(28)33)24-13-9-6-10-14-24;2-1(3,4)5/h5-20H,1-4H3;(H,2,3,4,5)/q+1;/p-1. The lowest BCUT2D eigenvalue weighted by Crippen LogP contribution is -2.68. The molecule has 0 saturated carbocycles. The minimum atomic E-state index is -4.94. The van der Waals surface area contributed by atoms with Crippen LogP contribution in [-0.2, 0) is 0 Å². The Kier molecular flexibility index (Phi) is 8.86. The second-order valence-electron chi connectivity index (χ2n) is 9.62. The number of hydrogen-bond acceptors (Lipinski definition) is 4. The Hall–Kier alpha value is -3.10. The van der Waals surface area contributed by atoms with Gasteiger partial charge in [0.1, 0.15) is 4.47 Å². The molecule has 5 nitrogen and oxygen atoms in total. The molecular formula is C32H28BrClO5. The van der Waals surface area contributed by atoms with Crippen molar-refractivity contribution in [2.45, 2.75) is 33.6 Å². The van der Waals surface area contributed by atoms with Gasteiger partial charge in [0.15, 0.2) is 0 Å². The van der Waals surface area contributed by atoms with Crippen molar-refractivity contribution in [3.05, 3.63) is 112 Å². The van der Waals surface area contributed by atoms with Crippen molar-refractivity contribution in [3.8, 4) is 44.9 Å². The third-order valence-electron chi connectivity index (χ3n) is 6.53. The second-order valence-corrected chi connectivity index (χ2v) is 11.2. The van der Waals surface area contributed by atoms with Gasteiger partial charge in [0.2, 0.25) is 0 Å². The lowest BCUT2D eigenvalue weighted by Gasteiger charge is -2.17. The molecule has 2 aliphatic rings. The summed E-state index contributed by atoms with van der Waals surface area (Å²) in [7, 11) is -4.94. The van der Waals surface area contributed by atoms with Crippen LogP contribution in [0, 0.1) is 24.1 Å². The molecule has 200 valence electrons. The number of aryl methyl sites for hydroxylation is 2. The summed E-state index contributed by atoms with van der Waals surface area (Å²) in [5.41, 5.74) is 11.0. The minimum absolute atomic E-state index is 0.476. The minimum Gasteiger partial charge on any atom is -0.222 e. The smallest absolute Gasteiger partial charge is 0.222 e. The van der Waals surface area contributed by atoms with Crippen molar-refractivity contribution in [2.24, 2.45) is 0 Å². The van der Waals surface area contributed by atoms with Crippen LogP contribution < -0.4 is 18.6 Å². The van der Waals surface area contributed by atoms with Crippen LogP contribution in [0.2, 0.25) is 0 Å². The van der Waals surface area contributed by atoms with Crippen LogP contribution in [0.15, 0.2) is 99.9 Å². The third kappa shape index (κ3) is 6.92. The maximum Gasteiger partial charge on any atom is 0.375 e. The molecule has 39 heavy (non-hydrogen) atoms. The van der Waals surface area contributed by atoms with E-state index in [1.54, 1.807) is 0 Å². The van der Waals surface area contributed by atoms with Crippen LogP contribution in [0.5, 0.6) is 0 Å². The fourth-order valence-corrected chi connectivity index (χ4v) is 5.27. The van der Waals surface area contributed by atoms with Gasteiger partial charge in [0, 0.05) is 5.56 Å². The van der Waals surface area contributed by atoms with Crippen LogP contribution in [0.3, 0.4) is 0 Å². The number of hydrogen-bond donors (Lipinski definition) is 0. The predicted molar refractivity (Wildman–Crippen MR) is 147 cm³/mol. The Labute approximate surface area is 239 Å². The topological polar surface area (TPSA) is 104 Å². The van der Waals surface area contributed by atoms with Crippen molar-refractivity contribution < 1.29 is 33.3 Å². The molecule has 7 heteroatoms. The molecule has 1 heterocycles. The summed E-state index contributed by atoms with van der Waals surface area (Å²) in [5, 5.41) is 0. The summed E-state index contributed by atoms with van der Waals surface area (Å²) in [5.74, 6) is 2.17. The van der Waals surface area contributed by atoms with E-state index in [0.717, 1.165) is 32.7 Å². The summed E-state index contributed by atoms with van der Waals surface area (Å²) in [6.07, 6.45) is 0. The lowest BCUT2D eigenvalue weighted by molar-refractivity contribution is -2.00. The second kappa shape index (κ2) is 12.0. The zero-order valence-corrected chi connectivity index (χ0v) is 24.4. The number of halogens is 2. The van der Waals surface area contributed by atoms with Gasteiger partial charge in [0.05, 0.1) is 17.2 Å². The monoisotopic (exact) mass is 606 g/mol. The number of benzene rings is 2. The Morgan fingerprint density at radius 2 is 1.23 bits per heavy atom. The van der Waals surface area contributed by atoms with Crippen LogP contribution in [0.1, 0.15) is 36.5 Å². The summed E-state index contributed by atoms with van der Waals surface area (Å²) in [6, 6.07) is 32.0. The lowest BCUT2D eigenvalue weighted by atomic mass is 9.96. The van der Waals surface area contributed by atoms with E-state index in [9.17, 15) is 0 Å². The molecule has 0 aliphatic heterocycles. The van der Waals surface area contributed by atoms with Gasteiger partial charge in [0.25, 0.3) is 0 Å². The molecule has 1 aromatic heterocycles. The summed E-state index contributed by atoms with van der Waals surface area (Å²) in [6.45, 7) is 8.94. The molecule has 0 N–H and O–H groups in total. The molecule has 0 spiro atoms. The highest BCUT2D eigenvalue weighted by Gasteiger charge is 2.29. The molecule has 0 bridgehead atoms. The molecule has 0 saturated heterocycles. The van der Waals surface area contributed by atoms with Gasteiger partial charge >= 0.3 is 11.5 Å². The van der Waals surface area contributed by atoms with Crippen molar-refractivity contribution in [1.29, 1.82) is 0 Å². The van der Waals surface area contributed by atoms with E-state index < -0.39 is 10.2 Å². The summed E-state index contributed by atoms with van der Waals surface area (Å²) >= 11 is 3.94. The molecule has 0 atom stereocenters. The van der Waals surface area contributed by atoms with Crippen LogP contribution in [0.25, 0.3) is 44.9 Å². The van der Waals surface area contributed by atoms with Gasteiger partial charge in [-0.15, -0.1) is 10.2 Å². The first-order chi connectivity index (χ1) is 18.4.